The number of cyclic esters (lactones) is 1. The average Bonchev–Trinajstić information content (AvgIpc) is 3.35. The van der Waals surface area contributed by atoms with Gasteiger partial charge in [-0.1, -0.05) is 35.4 Å². The summed E-state index contributed by atoms with van der Waals surface area (Å²) in [4.78, 5) is 46.9. The molecule has 1 aromatic heterocycles. The first kappa shape index (κ1) is 31.2. The molecule has 10 nitrogen and oxygen atoms in total. The molecule has 0 radical (unpaired) electrons. The molecule has 2 bridgehead atoms. The Bertz CT molecular complexity index is 1630. The molecule has 2 aliphatic rings. The lowest BCUT2D eigenvalue weighted by Crippen LogP contribution is -2.42. The average molecular weight is 652 g/mol. The highest BCUT2D eigenvalue weighted by molar-refractivity contribution is 6.32. The van der Waals surface area contributed by atoms with Gasteiger partial charge in [0.15, 0.2) is 0 Å². The number of nitrogens with zero attached hydrogens (tertiary/aromatic N) is 2. The van der Waals surface area contributed by atoms with Gasteiger partial charge in [0.05, 0.1) is 24.4 Å². The van der Waals surface area contributed by atoms with Crippen LogP contribution in [0, 0.1) is 0 Å². The third-order valence-electron chi connectivity index (χ3n) is 7.19. The molecule has 0 saturated carbocycles. The minimum atomic E-state index is -4.66. The summed E-state index contributed by atoms with van der Waals surface area (Å²) in [5, 5.41) is 5.57. The van der Waals surface area contributed by atoms with Gasteiger partial charge in [-0.25, -0.2) is 14.6 Å². The fraction of sp³-hybridized carbons (Fsp3) is 0.310. The van der Waals surface area contributed by atoms with Crippen molar-refractivity contribution < 1.29 is 37.0 Å². The number of H-pyrrole nitrogens is 1. The summed E-state index contributed by atoms with van der Waals surface area (Å²) in [5.74, 6) is 0.00996. The van der Waals surface area contributed by atoms with Crippen LogP contribution in [0.2, 0.25) is 10.2 Å². The zero-order chi connectivity index (χ0) is 31.6. The number of rotatable bonds is 3. The first-order valence-corrected chi connectivity index (χ1v) is 14.2. The summed E-state index contributed by atoms with van der Waals surface area (Å²) in [6.07, 6.45) is -2.94. The van der Waals surface area contributed by atoms with Crippen molar-refractivity contribution in [3.05, 3.63) is 75.7 Å². The van der Waals surface area contributed by atoms with Crippen molar-refractivity contribution in [2.75, 3.05) is 24.3 Å². The zero-order valence-corrected chi connectivity index (χ0v) is 24.6. The van der Waals surface area contributed by atoms with Gasteiger partial charge >= 0.3 is 18.4 Å². The lowest BCUT2D eigenvalue weighted by atomic mass is 9.98. The van der Waals surface area contributed by atoms with E-state index in [1.54, 1.807) is 24.3 Å². The van der Waals surface area contributed by atoms with Gasteiger partial charge in [0.2, 0.25) is 5.91 Å². The number of aromatic nitrogens is 2. The molecule has 2 atom stereocenters. The highest BCUT2D eigenvalue weighted by Crippen LogP contribution is 2.42. The van der Waals surface area contributed by atoms with E-state index < -0.39 is 36.1 Å². The number of aromatic amines is 1. The van der Waals surface area contributed by atoms with E-state index >= 15 is 0 Å². The fourth-order valence-electron chi connectivity index (χ4n) is 5.12. The molecule has 3 N–H and O–H groups in total. The van der Waals surface area contributed by atoms with Crippen LogP contribution in [0.5, 0.6) is 0 Å². The Labute approximate surface area is 259 Å². The van der Waals surface area contributed by atoms with Gasteiger partial charge in [0.1, 0.15) is 22.8 Å². The third kappa shape index (κ3) is 6.78. The standard InChI is InChI=1S/C29H26Cl2F3N5O5/c1-43-27(41)35-16-8-9-17-20(14-16)36-23(40)6-4-2-3-5-21(26-37-24(17)25(31)38-26)39-12-11-22(44-28(39)42)18-13-15(30)7-10-19(18)29(32,33)34/h2-3,7-10,13-14,21-22H,4-6,11-12H2,1H3,(H,35,41)(H,36,40)(H,37,38)/b3-2+/t21-,22+/m0/s1. The molecule has 15 heteroatoms. The molecule has 0 aliphatic carbocycles. The van der Waals surface area contributed by atoms with Gasteiger partial charge in [-0.05, 0) is 49.2 Å². The highest BCUT2D eigenvalue weighted by atomic mass is 35.5. The predicted molar refractivity (Wildman–Crippen MR) is 156 cm³/mol. The molecule has 2 aliphatic heterocycles. The second-order valence-corrected chi connectivity index (χ2v) is 10.9. The van der Waals surface area contributed by atoms with Gasteiger partial charge in [-0.3, -0.25) is 15.0 Å². The summed E-state index contributed by atoms with van der Waals surface area (Å²) in [6, 6.07) is 7.18. The largest absolute Gasteiger partial charge is 0.453 e. The van der Waals surface area contributed by atoms with Gasteiger partial charge in [0.25, 0.3) is 0 Å². The van der Waals surface area contributed by atoms with Crippen molar-refractivity contribution in [1.29, 1.82) is 0 Å². The molecule has 3 amide bonds. The second kappa shape index (κ2) is 12.8. The molecule has 1 saturated heterocycles. The van der Waals surface area contributed by atoms with E-state index in [4.69, 9.17) is 27.9 Å². The van der Waals surface area contributed by atoms with E-state index in [-0.39, 0.29) is 53.1 Å². The van der Waals surface area contributed by atoms with Crippen molar-refractivity contribution in [1.82, 2.24) is 14.9 Å². The van der Waals surface area contributed by atoms with E-state index in [1.165, 1.54) is 18.1 Å². The van der Waals surface area contributed by atoms with E-state index in [0.29, 0.717) is 29.2 Å². The van der Waals surface area contributed by atoms with E-state index in [0.717, 1.165) is 18.2 Å². The van der Waals surface area contributed by atoms with E-state index in [2.05, 4.69) is 25.3 Å². The fourth-order valence-corrected chi connectivity index (χ4v) is 5.54. The zero-order valence-electron chi connectivity index (χ0n) is 23.1. The number of methoxy groups -OCH3 is 1. The smallest absolute Gasteiger partial charge is 0.416 e. The van der Waals surface area contributed by atoms with E-state index in [1.807, 2.05) is 0 Å². The lowest BCUT2D eigenvalue weighted by molar-refractivity contribution is -0.139. The maximum Gasteiger partial charge on any atom is 0.416 e. The first-order chi connectivity index (χ1) is 20.9. The SMILES string of the molecule is COC(=O)Nc1ccc2c(c1)NC(=O)CC/C=C/C[C@H](N1CC[C@H](c3cc(Cl)ccc3C(F)(F)F)OC1=O)c1nc-2c(Cl)[nH]1. The predicted octanol–water partition coefficient (Wildman–Crippen LogP) is 7.88. The minimum absolute atomic E-state index is 0.0542. The number of nitrogens with one attached hydrogen (secondary N) is 3. The summed E-state index contributed by atoms with van der Waals surface area (Å²) in [6.45, 7) is 0.0542. The molecule has 0 unspecified atom stereocenters. The number of halogens is 5. The molecular formula is C29H26Cl2F3N5O5. The van der Waals surface area contributed by atoms with Crippen LogP contribution in [-0.4, -0.2) is 46.6 Å². The number of carbonyl (C=O) groups excluding carboxylic acids is 3. The molecular weight excluding hydrogens is 626 g/mol. The number of alkyl halides is 3. The number of hydrogen-bond acceptors (Lipinski definition) is 6. The minimum Gasteiger partial charge on any atom is -0.453 e. The normalized spacial score (nSPS) is 19.8. The molecule has 232 valence electrons. The summed E-state index contributed by atoms with van der Waals surface area (Å²) in [7, 11) is 1.22. The number of carbonyl (C=O) groups is 3. The van der Waals surface area contributed by atoms with Crippen LogP contribution in [0.1, 0.15) is 54.8 Å². The molecule has 5 rings (SSSR count). The van der Waals surface area contributed by atoms with Gasteiger partial charge in [-0.2, -0.15) is 13.2 Å². The molecule has 3 heterocycles. The van der Waals surface area contributed by atoms with Crippen molar-refractivity contribution in [3.63, 3.8) is 0 Å². The number of hydrogen-bond donors (Lipinski definition) is 3. The monoisotopic (exact) mass is 651 g/mol. The maximum atomic E-state index is 13.7. The Kier molecular flexibility index (Phi) is 9.07. The van der Waals surface area contributed by atoms with Gasteiger partial charge in [0, 0.05) is 41.2 Å². The third-order valence-corrected chi connectivity index (χ3v) is 7.70. The van der Waals surface area contributed by atoms with Crippen LogP contribution in [0.4, 0.5) is 34.1 Å². The topological polar surface area (TPSA) is 126 Å². The van der Waals surface area contributed by atoms with Crippen LogP contribution in [-0.2, 0) is 20.4 Å². The quantitative estimate of drug-likeness (QED) is 0.247. The number of amides is 3. The number of ether oxygens (including phenoxy) is 2. The number of benzene rings is 2. The van der Waals surface area contributed by atoms with Crippen molar-refractivity contribution in [2.45, 2.75) is 44.0 Å². The van der Waals surface area contributed by atoms with Gasteiger partial charge in [-0.15, -0.1) is 0 Å². The molecule has 44 heavy (non-hydrogen) atoms. The molecule has 0 spiro atoms. The summed E-state index contributed by atoms with van der Waals surface area (Å²) >= 11 is 12.6. The molecule has 2 aromatic carbocycles. The van der Waals surface area contributed by atoms with Crippen LogP contribution in [0.3, 0.4) is 0 Å². The summed E-state index contributed by atoms with van der Waals surface area (Å²) < 4.78 is 51.3. The number of anilines is 2. The van der Waals surface area contributed by atoms with Gasteiger partial charge < -0.3 is 19.8 Å². The van der Waals surface area contributed by atoms with Crippen LogP contribution in [0.15, 0.2) is 48.6 Å². The Morgan fingerprint density at radius 1 is 1.16 bits per heavy atom. The Balaban J connectivity index is 1.47. The maximum absolute atomic E-state index is 13.7. The summed E-state index contributed by atoms with van der Waals surface area (Å²) in [5.41, 5.74) is 0.244. The van der Waals surface area contributed by atoms with Crippen molar-refractivity contribution >= 4 is 52.7 Å². The van der Waals surface area contributed by atoms with Crippen molar-refractivity contribution in [2.24, 2.45) is 0 Å². The van der Waals surface area contributed by atoms with Crippen LogP contribution < -0.4 is 10.6 Å². The van der Waals surface area contributed by atoms with Crippen molar-refractivity contribution in [3.8, 4) is 11.3 Å². The first-order valence-electron chi connectivity index (χ1n) is 13.5. The van der Waals surface area contributed by atoms with E-state index in [9.17, 15) is 27.6 Å². The molecule has 3 aromatic rings. The van der Waals surface area contributed by atoms with Crippen LogP contribution >= 0.6 is 23.2 Å². The Morgan fingerprint density at radius 2 is 1.95 bits per heavy atom. The molecule has 1 fully saturated rings. The second-order valence-electron chi connectivity index (χ2n) is 10.1. The number of fused-ring (bicyclic) bond motifs is 4. The highest BCUT2D eigenvalue weighted by Gasteiger charge is 2.40. The Hall–Kier alpha value is -4.23. The van der Waals surface area contributed by atoms with Crippen LogP contribution in [0.25, 0.3) is 11.3 Å². The number of imidazole rings is 1. The Morgan fingerprint density at radius 3 is 2.68 bits per heavy atom. The number of allylic oxidation sites excluding steroid dienone is 1. The lowest BCUT2D eigenvalue weighted by Gasteiger charge is -2.36.